The third kappa shape index (κ3) is 63.3. The van der Waals surface area contributed by atoms with Gasteiger partial charge in [-0.1, -0.05) is 13.3 Å². The van der Waals surface area contributed by atoms with Gasteiger partial charge >= 0.3 is 27.5 Å². The summed E-state index contributed by atoms with van der Waals surface area (Å²) >= 11 is -3.44. The second kappa shape index (κ2) is 11.1. The summed E-state index contributed by atoms with van der Waals surface area (Å²) in [5, 5.41) is 8.07. The van der Waals surface area contributed by atoms with E-state index in [-0.39, 0.29) is 0 Å². The maximum absolute atomic E-state index is 8.78. The molecule has 5 heteroatoms. The van der Waals surface area contributed by atoms with Crippen LogP contribution in [0.25, 0.3) is 0 Å². The Morgan fingerprint density at radius 2 is 1.78 bits per heavy atom. The molecule has 4 nitrogen and oxygen atoms in total. The molecule has 57 valence electrons. The number of rotatable bonds is 2. The van der Waals surface area contributed by atoms with Crippen LogP contribution in [-0.4, -0.2) is 19.8 Å². The molecule has 3 N–H and O–H groups in total. The van der Waals surface area contributed by atoms with Gasteiger partial charge in [-0.3, -0.25) is 0 Å². The Bertz CT molecular complexity index is 59.6. The Hall–Kier alpha value is 0.264. The Kier molecular flexibility index (Phi) is 14.8. The molecule has 0 saturated carbocycles. The van der Waals surface area contributed by atoms with Gasteiger partial charge in [-0.15, -0.1) is 0 Å². The van der Waals surface area contributed by atoms with Crippen LogP contribution in [0.5, 0.6) is 0 Å². The van der Waals surface area contributed by atoms with Gasteiger partial charge in [0.2, 0.25) is 0 Å². The first kappa shape index (κ1) is 12.0. The van der Waals surface area contributed by atoms with Crippen molar-refractivity contribution in [2.75, 3.05) is 6.61 Å². The molecular formula is C4H12O4V. The summed E-state index contributed by atoms with van der Waals surface area (Å²) < 4.78 is 23.2. The second-order valence-electron chi connectivity index (χ2n) is 1.33. The quantitative estimate of drug-likeness (QED) is 0.530. The molecule has 0 amide bonds. The van der Waals surface area contributed by atoms with E-state index >= 15 is 0 Å². The minimum absolute atomic E-state index is 0.344. The molecule has 0 bridgehead atoms. The summed E-state index contributed by atoms with van der Waals surface area (Å²) in [6, 6.07) is 0. The van der Waals surface area contributed by atoms with Crippen LogP contribution < -0.4 is 0 Å². The van der Waals surface area contributed by atoms with Crippen LogP contribution in [-0.2, 0) is 19.5 Å². The van der Waals surface area contributed by atoms with E-state index in [4.69, 9.17) is 16.8 Å². The molecule has 9 heavy (non-hydrogen) atoms. The molecule has 0 aromatic carbocycles. The van der Waals surface area contributed by atoms with Gasteiger partial charge in [0.1, 0.15) is 0 Å². The van der Waals surface area contributed by atoms with Gasteiger partial charge in [0, 0.05) is 6.61 Å². The van der Waals surface area contributed by atoms with Crippen molar-refractivity contribution < 1.29 is 32.6 Å². The van der Waals surface area contributed by atoms with Crippen LogP contribution in [0.3, 0.4) is 0 Å². The fourth-order valence-electron chi connectivity index (χ4n) is 0.158. The molecule has 0 aromatic rings. The number of aliphatic hydroxyl groups is 1. The molecular weight excluding hydrogens is 163 g/mol. The monoisotopic (exact) mass is 175 g/mol. The van der Waals surface area contributed by atoms with Gasteiger partial charge in [-0.25, -0.2) is 0 Å². The van der Waals surface area contributed by atoms with Gasteiger partial charge in [0.15, 0.2) is 0 Å². The summed E-state index contributed by atoms with van der Waals surface area (Å²) in [5.74, 6) is 0. The van der Waals surface area contributed by atoms with Crippen LogP contribution >= 0.6 is 0 Å². The van der Waals surface area contributed by atoms with Crippen molar-refractivity contribution >= 4 is 0 Å². The van der Waals surface area contributed by atoms with Crippen molar-refractivity contribution in [2.45, 2.75) is 19.8 Å². The predicted molar refractivity (Wildman–Crippen MR) is 27.1 cm³/mol. The molecule has 0 saturated heterocycles. The topological polar surface area (TPSA) is 77.8 Å². The van der Waals surface area contributed by atoms with Crippen LogP contribution in [0, 0.1) is 0 Å². The molecule has 0 aliphatic carbocycles. The molecule has 0 spiro atoms. The molecule has 0 fully saturated rings. The van der Waals surface area contributed by atoms with Gasteiger partial charge in [0.25, 0.3) is 0 Å². The van der Waals surface area contributed by atoms with Crippen LogP contribution in [0.4, 0.5) is 0 Å². The zero-order chi connectivity index (χ0) is 7.70. The third-order valence-corrected chi connectivity index (χ3v) is 0.512. The first-order valence-corrected chi connectivity index (χ1v) is 4.43. The number of hydrogen-bond donors (Lipinski definition) is 3. The van der Waals surface area contributed by atoms with Crippen molar-refractivity contribution in [2.24, 2.45) is 0 Å². The first-order chi connectivity index (χ1) is 4.15. The molecule has 0 radical (unpaired) electrons. The van der Waals surface area contributed by atoms with Crippen molar-refractivity contribution in [3.05, 3.63) is 0 Å². The van der Waals surface area contributed by atoms with Crippen molar-refractivity contribution in [1.82, 2.24) is 0 Å². The first-order valence-electron chi connectivity index (χ1n) is 2.61. The van der Waals surface area contributed by atoms with Gasteiger partial charge in [-0.05, 0) is 6.42 Å². The molecule has 0 aliphatic rings. The second-order valence-corrected chi connectivity index (χ2v) is 2.12. The summed E-state index contributed by atoms with van der Waals surface area (Å²) in [7, 11) is 0. The van der Waals surface area contributed by atoms with E-state index < -0.39 is 15.8 Å². The van der Waals surface area contributed by atoms with E-state index in [1.165, 1.54) is 0 Å². The van der Waals surface area contributed by atoms with Crippen LogP contribution in [0.2, 0.25) is 0 Å². The average molecular weight is 175 g/mol. The maximum atomic E-state index is 8.78. The van der Waals surface area contributed by atoms with Crippen molar-refractivity contribution in [3.8, 4) is 0 Å². The van der Waals surface area contributed by atoms with E-state index in [1.54, 1.807) is 0 Å². The van der Waals surface area contributed by atoms with Crippen LogP contribution in [0.1, 0.15) is 19.8 Å². The fraction of sp³-hybridized carbons (Fsp3) is 1.00. The molecule has 0 rings (SSSR count). The number of aliphatic hydroxyl groups excluding tert-OH is 1. The molecule has 0 heterocycles. The SMILES string of the molecule is CCCCO.[O]=[V]([OH])[OH]. The zero-order valence-corrected chi connectivity index (χ0v) is 6.72. The summed E-state index contributed by atoms with van der Waals surface area (Å²) in [6.45, 7) is 2.40. The summed E-state index contributed by atoms with van der Waals surface area (Å²) in [6.07, 6.45) is 2.04. The van der Waals surface area contributed by atoms with Gasteiger partial charge in [-0.2, -0.15) is 0 Å². The van der Waals surface area contributed by atoms with E-state index in [1.807, 2.05) is 0 Å². The summed E-state index contributed by atoms with van der Waals surface area (Å²) in [5.41, 5.74) is 0. The molecule has 0 aromatic heterocycles. The molecule has 0 aliphatic heterocycles. The predicted octanol–water partition coefficient (Wildman–Crippen LogP) is -0.456. The standard InChI is InChI=1S/C4H10O.2H2O.O.V/c1-2-3-4-5;;;;/h5H,2-4H2,1H3;2*1H2;;/q;;;;+2/p-2. The third-order valence-electron chi connectivity index (χ3n) is 0.512. The van der Waals surface area contributed by atoms with E-state index in [0.717, 1.165) is 12.8 Å². The van der Waals surface area contributed by atoms with Gasteiger partial charge < -0.3 is 5.11 Å². The Morgan fingerprint density at radius 1 is 1.44 bits per heavy atom. The normalized spacial score (nSPS) is 7.56. The Morgan fingerprint density at radius 3 is 1.78 bits per heavy atom. The van der Waals surface area contributed by atoms with Crippen LogP contribution in [0.15, 0.2) is 0 Å². The average Bonchev–Trinajstić information content (AvgIpc) is 1.66. The van der Waals surface area contributed by atoms with E-state index in [0.29, 0.717) is 6.61 Å². The Labute approximate surface area is 59.6 Å². The van der Waals surface area contributed by atoms with Crippen molar-refractivity contribution in [1.29, 1.82) is 0 Å². The minimum atomic E-state index is -3.44. The molecule has 0 unspecified atom stereocenters. The van der Waals surface area contributed by atoms with Gasteiger partial charge in [0.05, 0.1) is 0 Å². The fourth-order valence-corrected chi connectivity index (χ4v) is 0.158. The van der Waals surface area contributed by atoms with E-state index in [9.17, 15) is 0 Å². The van der Waals surface area contributed by atoms with E-state index in [2.05, 4.69) is 6.92 Å². The Balaban J connectivity index is 0. The van der Waals surface area contributed by atoms with Crippen molar-refractivity contribution in [3.63, 3.8) is 0 Å². The number of hydrogen-bond acceptors (Lipinski definition) is 2. The number of unbranched alkanes of at least 4 members (excludes halogenated alkanes) is 1. The summed E-state index contributed by atoms with van der Waals surface area (Å²) in [4.78, 5) is 0. The zero-order valence-electron chi connectivity index (χ0n) is 5.32. The molecule has 0 atom stereocenters.